The molecule has 4 rings (SSSR count). The summed E-state index contributed by atoms with van der Waals surface area (Å²) in [5, 5.41) is 2.92. The Kier molecular flexibility index (Phi) is 3.63. The van der Waals surface area contributed by atoms with Crippen molar-refractivity contribution in [3.05, 3.63) is 58.3 Å². The molecule has 116 valence electrons. The first kappa shape index (κ1) is 14.4. The predicted octanol–water partition coefficient (Wildman–Crippen LogP) is 3.58. The SMILES string of the molecule is O=C(Nc1ccc2c(c1)nc1n2CCOC1)c1cccc(Br)c1. The number of hydrogen-bond acceptors (Lipinski definition) is 3. The van der Waals surface area contributed by atoms with Gasteiger partial charge in [0.2, 0.25) is 0 Å². The van der Waals surface area contributed by atoms with Gasteiger partial charge in [0, 0.05) is 22.3 Å². The van der Waals surface area contributed by atoms with Crippen LogP contribution < -0.4 is 5.32 Å². The summed E-state index contributed by atoms with van der Waals surface area (Å²) in [5.74, 6) is 0.791. The van der Waals surface area contributed by atoms with E-state index in [1.54, 1.807) is 12.1 Å². The van der Waals surface area contributed by atoms with E-state index in [4.69, 9.17) is 4.74 Å². The molecule has 0 radical (unpaired) electrons. The van der Waals surface area contributed by atoms with Crippen LogP contribution in [0.4, 0.5) is 5.69 Å². The van der Waals surface area contributed by atoms with Crippen molar-refractivity contribution in [3.8, 4) is 0 Å². The number of anilines is 1. The summed E-state index contributed by atoms with van der Waals surface area (Å²) in [4.78, 5) is 16.9. The lowest BCUT2D eigenvalue weighted by Gasteiger charge is -2.14. The first-order valence-electron chi connectivity index (χ1n) is 7.34. The second kappa shape index (κ2) is 5.79. The molecule has 5 nitrogen and oxygen atoms in total. The number of benzene rings is 2. The fourth-order valence-corrected chi connectivity index (χ4v) is 3.17. The smallest absolute Gasteiger partial charge is 0.255 e. The number of amides is 1. The average Bonchev–Trinajstić information content (AvgIpc) is 2.92. The van der Waals surface area contributed by atoms with E-state index < -0.39 is 0 Å². The van der Waals surface area contributed by atoms with Crippen LogP contribution in [0.2, 0.25) is 0 Å². The van der Waals surface area contributed by atoms with E-state index in [0.29, 0.717) is 18.8 Å². The molecule has 6 heteroatoms. The number of nitrogens with one attached hydrogen (secondary N) is 1. The van der Waals surface area contributed by atoms with Gasteiger partial charge in [-0.15, -0.1) is 0 Å². The Hall–Kier alpha value is -2.18. The van der Waals surface area contributed by atoms with Gasteiger partial charge in [-0.3, -0.25) is 4.79 Å². The third kappa shape index (κ3) is 2.75. The molecule has 0 unspecified atom stereocenters. The lowest BCUT2D eigenvalue weighted by atomic mass is 10.2. The Morgan fingerprint density at radius 2 is 2.17 bits per heavy atom. The van der Waals surface area contributed by atoms with E-state index >= 15 is 0 Å². The minimum absolute atomic E-state index is 0.141. The first-order chi connectivity index (χ1) is 11.2. The molecular formula is C17H14BrN3O2. The topological polar surface area (TPSA) is 56.2 Å². The van der Waals surface area contributed by atoms with Crippen molar-refractivity contribution in [2.45, 2.75) is 13.2 Å². The van der Waals surface area contributed by atoms with Crippen LogP contribution in [0.5, 0.6) is 0 Å². The number of carbonyl (C=O) groups is 1. The molecular weight excluding hydrogens is 358 g/mol. The fourth-order valence-electron chi connectivity index (χ4n) is 2.77. The zero-order valence-corrected chi connectivity index (χ0v) is 13.8. The van der Waals surface area contributed by atoms with Crippen molar-refractivity contribution < 1.29 is 9.53 Å². The minimum Gasteiger partial charge on any atom is -0.372 e. The Morgan fingerprint density at radius 3 is 3.04 bits per heavy atom. The number of nitrogens with zero attached hydrogens (tertiary/aromatic N) is 2. The summed E-state index contributed by atoms with van der Waals surface area (Å²) in [6.45, 7) is 2.06. The van der Waals surface area contributed by atoms with E-state index in [1.165, 1.54) is 0 Å². The highest BCUT2D eigenvalue weighted by Crippen LogP contribution is 2.23. The number of imidazole rings is 1. The number of fused-ring (bicyclic) bond motifs is 3. The van der Waals surface area contributed by atoms with E-state index in [0.717, 1.165) is 33.6 Å². The number of rotatable bonds is 2. The normalized spacial score (nSPS) is 13.8. The number of carbonyl (C=O) groups excluding carboxylic acids is 1. The highest BCUT2D eigenvalue weighted by molar-refractivity contribution is 9.10. The van der Waals surface area contributed by atoms with Crippen molar-refractivity contribution in [1.29, 1.82) is 0 Å². The van der Waals surface area contributed by atoms with Gasteiger partial charge in [0.05, 0.1) is 17.6 Å². The highest BCUT2D eigenvalue weighted by atomic mass is 79.9. The quantitative estimate of drug-likeness (QED) is 0.748. The van der Waals surface area contributed by atoms with Gasteiger partial charge in [0.25, 0.3) is 5.91 Å². The third-order valence-electron chi connectivity index (χ3n) is 3.86. The summed E-state index contributed by atoms with van der Waals surface area (Å²) in [7, 11) is 0. The molecule has 2 aromatic carbocycles. The molecule has 0 fully saturated rings. The highest BCUT2D eigenvalue weighted by Gasteiger charge is 2.15. The number of hydrogen-bond donors (Lipinski definition) is 1. The van der Waals surface area contributed by atoms with Crippen LogP contribution in [0, 0.1) is 0 Å². The van der Waals surface area contributed by atoms with Gasteiger partial charge < -0.3 is 14.6 Å². The predicted molar refractivity (Wildman–Crippen MR) is 91.5 cm³/mol. The van der Waals surface area contributed by atoms with Crippen LogP contribution in [0.3, 0.4) is 0 Å². The van der Waals surface area contributed by atoms with Gasteiger partial charge in [-0.05, 0) is 36.4 Å². The standard InChI is InChI=1S/C17H14BrN3O2/c18-12-3-1-2-11(8-12)17(22)19-13-4-5-15-14(9-13)20-16-10-23-7-6-21(15)16/h1-5,8-9H,6-7,10H2,(H,19,22). The van der Waals surface area contributed by atoms with Gasteiger partial charge in [-0.25, -0.2) is 4.98 Å². The van der Waals surface area contributed by atoms with E-state index in [9.17, 15) is 4.79 Å². The van der Waals surface area contributed by atoms with Crippen molar-refractivity contribution in [2.75, 3.05) is 11.9 Å². The lowest BCUT2D eigenvalue weighted by Crippen LogP contribution is -2.16. The second-order valence-electron chi connectivity index (χ2n) is 5.40. The van der Waals surface area contributed by atoms with Gasteiger partial charge in [-0.1, -0.05) is 22.0 Å². The Labute approximate surface area is 141 Å². The molecule has 1 aromatic heterocycles. The zero-order chi connectivity index (χ0) is 15.8. The maximum Gasteiger partial charge on any atom is 0.255 e. The van der Waals surface area contributed by atoms with Crippen LogP contribution in [-0.4, -0.2) is 22.1 Å². The van der Waals surface area contributed by atoms with Gasteiger partial charge in [0.1, 0.15) is 12.4 Å². The van der Waals surface area contributed by atoms with Crippen LogP contribution in [0.25, 0.3) is 11.0 Å². The van der Waals surface area contributed by atoms with Crippen molar-refractivity contribution >= 4 is 38.6 Å². The van der Waals surface area contributed by atoms with Gasteiger partial charge >= 0.3 is 0 Å². The van der Waals surface area contributed by atoms with E-state index in [1.807, 2.05) is 30.3 Å². The average molecular weight is 372 g/mol. The molecule has 1 aliphatic heterocycles. The molecule has 1 N–H and O–H groups in total. The molecule has 23 heavy (non-hydrogen) atoms. The number of ether oxygens (including phenoxy) is 1. The summed E-state index contributed by atoms with van der Waals surface area (Å²) < 4.78 is 8.47. The molecule has 0 atom stereocenters. The molecule has 0 aliphatic carbocycles. The number of halogens is 1. The lowest BCUT2D eigenvalue weighted by molar-refractivity contribution is 0.0830. The summed E-state index contributed by atoms with van der Waals surface area (Å²) in [5.41, 5.74) is 3.29. The van der Waals surface area contributed by atoms with Gasteiger partial charge in [-0.2, -0.15) is 0 Å². The monoisotopic (exact) mass is 371 g/mol. The second-order valence-corrected chi connectivity index (χ2v) is 6.32. The molecule has 0 bridgehead atoms. The molecule has 1 aliphatic rings. The molecule has 2 heterocycles. The summed E-state index contributed by atoms with van der Waals surface area (Å²) in [6.07, 6.45) is 0. The van der Waals surface area contributed by atoms with Crippen LogP contribution >= 0.6 is 15.9 Å². The molecule has 1 amide bonds. The van der Waals surface area contributed by atoms with E-state index in [2.05, 4.69) is 30.8 Å². The molecule has 0 saturated heterocycles. The van der Waals surface area contributed by atoms with Gasteiger partial charge in [0.15, 0.2) is 0 Å². The molecule has 0 spiro atoms. The molecule has 0 saturated carbocycles. The van der Waals surface area contributed by atoms with Crippen LogP contribution in [0.15, 0.2) is 46.9 Å². The zero-order valence-electron chi connectivity index (χ0n) is 12.3. The third-order valence-corrected chi connectivity index (χ3v) is 4.36. The summed E-state index contributed by atoms with van der Waals surface area (Å²) >= 11 is 3.38. The largest absolute Gasteiger partial charge is 0.372 e. The fraction of sp³-hybridized carbons (Fsp3) is 0.176. The first-order valence-corrected chi connectivity index (χ1v) is 8.14. The van der Waals surface area contributed by atoms with Crippen molar-refractivity contribution in [2.24, 2.45) is 0 Å². The number of aromatic nitrogens is 2. The van der Waals surface area contributed by atoms with Crippen LogP contribution in [-0.2, 0) is 17.9 Å². The molecule has 3 aromatic rings. The Bertz CT molecular complexity index is 904. The maximum atomic E-state index is 12.3. The van der Waals surface area contributed by atoms with Crippen LogP contribution in [0.1, 0.15) is 16.2 Å². The minimum atomic E-state index is -0.141. The summed E-state index contributed by atoms with van der Waals surface area (Å²) in [6, 6.07) is 13.1. The Balaban J connectivity index is 1.63. The Morgan fingerprint density at radius 1 is 1.26 bits per heavy atom. The van der Waals surface area contributed by atoms with Crippen molar-refractivity contribution in [1.82, 2.24) is 9.55 Å². The van der Waals surface area contributed by atoms with Crippen molar-refractivity contribution in [3.63, 3.8) is 0 Å². The maximum absolute atomic E-state index is 12.3. The van der Waals surface area contributed by atoms with E-state index in [-0.39, 0.29) is 5.91 Å².